The zero-order chi connectivity index (χ0) is 13.8. The molecule has 0 aliphatic heterocycles. The average molecular weight is 276 g/mol. The second-order valence-electron chi connectivity index (χ2n) is 3.24. The molecule has 0 saturated carbocycles. The fourth-order valence-electron chi connectivity index (χ4n) is 0.515. The SMILES string of the molecule is C=C(C)C(=O)OCCOC(=O)C(=C)C.[SiH3]O[SiH3]. The van der Waals surface area contributed by atoms with Crippen LogP contribution in [0.3, 0.4) is 0 Å². The molecule has 0 spiro atoms. The number of carbonyl (C=O) groups excluding carboxylic acids is 2. The lowest BCUT2D eigenvalue weighted by atomic mass is 10.4. The summed E-state index contributed by atoms with van der Waals surface area (Å²) in [5.74, 6) is -0.979. The molecule has 0 N–H and O–H groups in total. The van der Waals surface area contributed by atoms with Crippen LogP contribution in [-0.4, -0.2) is 46.1 Å². The molecule has 0 aliphatic carbocycles. The van der Waals surface area contributed by atoms with E-state index in [2.05, 4.69) is 26.7 Å². The van der Waals surface area contributed by atoms with Crippen molar-refractivity contribution in [3.05, 3.63) is 24.3 Å². The highest BCUT2D eigenvalue weighted by atomic mass is 28.3. The van der Waals surface area contributed by atoms with E-state index in [1.54, 1.807) is 13.8 Å². The molecule has 0 bridgehead atoms. The highest BCUT2D eigenvalue weighted by molar-refractivity contribution is 6.15. The van der Waals surface area contributed by atoms with Gasteiger partial charge in [-0.25, -0.2) is 9.59 Å². The van der Waals surface area contributed by atoms with Crippen molar-refractivity contribution in [3.63, 3.8) is 0 Å². The van der Waals surface area contributed by atoms with E-state index in [4.69, 9.17) is 0 Å². The Hall–Kier alpha value is -1.19. The maximum Gasteiger partial charge on any atom is 0.333 e. The van der Waals surface area contributed by atoms with Gasteiger partial charge < -0.3 is 13.6 Å². The fourth-order valence-corrected chi connectivity index (χ4v) is 0.515. The van der Waals surface area contributed by atoms with Crippen LogP contribution >= 0.6 is 0 Å². The molecule has 0 aromatic heterocycles. The summed E-state index contributed by atoms with van der Waals surface area (Å²) < 4.78 is 13.9. The van der Waals surface area contributed by atoms with Crippen LogP contribution in [0.4, 0.5) is 0 Å². The number of hydrogen-bond acceptors (Lipinski definition) is 5. The van der Waals surface area contributed by atoms with Crippen molar-refractivity contribution >= 4 is 32.9 Å². The maximum atomic E-state index is 10.8. The van der Waals surface area contributed by atoms with E-state index in [-0.39, 0.29) is 13.2 Å². The molecule has 0 saturated heterocycles. The first-order valence-electron chi connectivity index (χ1n) is 4.92. The molecule has 98 valence electrons. The van der Waals surface area contributed by atoms with Gasteiger partial charge in [0.25, 0.3) is 0 Å². The third kappa shape index (κ3) is 12.7. The van der Waals surface area contributed by atoms with Gasteiger partial charge in [-0.1, -0.05) is 13.2 Å². The van der Waals surface area contributed by atoms with E-state index in [0.29, 0.717) is 11.1 Å². The van der Waals surface area contributed by atoms with E-state index in [1.807, 2.05) is 0 Å². The summed E-state index contributed by atoms with van der Waals surface area (Å²) in [5.41, 5.74) is 0.632. The summed E-state index contributed by atoms with van der Waals surface area (Å²) in [6.45, 7) is 9.95. The summed E-state index contributed by atoms with van der Waals surface area (Å²) in [4.78, 5) is 21.7. The van der Waals surface area contributed by atoms with Crippen molar-refractivity contribution < 1.29 is 23.2 Å². The molecule has 0 aromatic rings. The van der Waals surface area contributed by atoms with Gasteiger partial charge in [0.1, 0.15) is 34.2 Å². The summed E-state index contributed by atoms with van der Waals surface area (Å²) in [7, 11) is 1.86. The molecule has 0 rings (SSSR count). The zero-order valence-corrected chi connectivity index (χ0v) is 14.9. The van der Waals surface area contributed by atoms with E-state index in [0.717, 1.165) is 21.0 Å². The van der Waals surface area contributed by atoms with Gasteiger partial charge >= 0.3 is 11.9 Å². The molecule has 0 amide bonds. The summed E-state index contributed by atoms with van der Waals surface area (Å²) in [6, 6.07) is 0. The first-order chi connectivity index (χ1) is 7.86. The third-order valence-electron chi connectivity index (χ3n) is 1.25. The largest absolute Gasteiger partial charge is 0.471 e. The molecule has 7 heteroatoms. The minimum Gasteiger partial charge on any atom is -0.471 e. The van der Waals surface area contributed by atoms with Crippen molar-refractivity contribution in [1.82, 2.24) is 0 Å². The van der Waals surface area contributed by atoms with E-state index < -0.39 is 11.9 Å². The Balaban J connectivity index is 0. The van der Waals surface area contributed by atoms with Gasteiger partial charge in [0, 0.05) is 11.1 Å². The molecule has 0 aromatic carbocycles. The van der Waals surface area contributed by atoms with Gasteiger partial charge in [-0.05, 0) is 13.8 Å². The number of rotatable bonds is 5. The van der Waals surface area contributed by atoms with Crippen LogP contribution in [0, 0.1) is 0 Å². The van der Waals surface area contributed by atoms with Gasteiger partial charge in [-0.2, -0.15) is 0 Å². The molecule has 5 nitrogen and oxygen atoms in total. The molecular weight excluding hydrogens is 256 g/mol. The van der Waals surface area contributed by atoms with Crippen LogP contribution in [0.25, 0.3) is 0 Å². The molecule has 0 unspecified atom stereocenters. The van der Waals surface area contributed by atoms with Gasteiger partial charge in [0.2, 0.25) is 0 Å². The highest BCUT2D eigenvalue weighted by Gasteiger charge is 2.05. The standard InChI is InChI=1S/C10H14O4.H6OSi2/c1-7(2)9(11)13-5-6-14-10(12)8(3)4;2-1-3/h1,3,5-6H2,2,4H3;2-3H3. The second kappa shape index (κ2) is 11.3. The Bertz CT molecular complexity index is 260. The van der Waals surface area contributed by atoms with E-state index >= 15 is 0 Å². The van der Waals surface area contributed by atoms with Crippen LogP contribution in [0.2, 0.25) is 0 Å². The van der Waals surface area contributed by atoms with Gasteiger partial charge in [0.15, 0.2) is 0 Å². The minimum atomic E-state index is -0.489. The molecule has 0 atom stereocenters. The fraction of sp³-hybridized carbons (Fsp3) is 0.400. The zero-order valence-electron chi connectivity index (χ0n) is 10.9. The molecular formula is C10H20O5Si2. The van der Waals surface area contributed by atoms with Gasteiger partial charge in [-0.3, -0.25) is 0 Å². The maximum absolute atomic E-state index is 10.8. The van der Waals surface area contributed by atoms with Crippen LogP contribution < -0.4 is 0 Å². The number of ether oxygens (including phenoxy) is 2. The lowest BCUT2D eigenvalue weighted by Crippen LogP contribution is -2.14. The van der Waals surface area contributed by atoms with Crippen molar-refractivity contribution in [3.8, 4) is 0 Å². The lowest BCUT2D eigenvalue weighted by molar-refractivity contribution is -0.147. The monoisotopic (exact) mass is 276 g/mol. The molecule has 0 fully saturated rings. The summed E-state index contributed by atoms with van der Waals surface area (Å²) in [5, 5.41) is 0. The minimum absolute atomic E-state index is 0.0325. The Labute approximate surface area is 108 Å². The first kappa shape index (κ1) is 18.2. The number of carbonyl (C=O) groups is 2. The average Bonchev–Trinajstić information content (AvgIpc) is 2.24. The normalized spacial score (nSPS) is 8.82. The van der Waals surface area contributed by atoms with Crippen LogP contribution in [0.1, 0.15) is 13.8 Å². The van der Waals surface area contributed by atoms with Crippen LogP contribution in [0.5, 0.6) is 0 Å². The summed E-state index contributed by atoms with van der Waals surface area (Å²) >= 11 is 0. The highest BCUT2D eigenvalue weighted by Crippen LogP contribution is 1.94. The van der Waals surface area contributed by atoms with E-state index in [9.17, 15) is 9.59 Å². The molecule has 0 radical (unpaired) electrons. The first-order valence-corrected chi connectivity index (χ1v) is 6.55. The Kier molecular flexibility index (Phi) is 12.1. The number of esters is 2. The van der Waals surface area contributed by atoms with Crippen LogP contribution in [0.15, 0.2) is 24.3 Å². The summed E-state index contributed by atoms with van der Waals surface area (Å²) in [6.07, 6.45) is 0. The topological polar surface area (TPSA) is 61.8 Å². The lowest BCUT2D eigenvalue weighted by Gasteiger charge is -2.05. The molecule has 0 aliphatic rings. The second-order valence-corrected chi connectivity index (χ2v) is 6.51. The third-order valence-corrected chi connectivity index (χ3v) is 1.25. The van der Waals surface area contributed by atoms with E-state index in [1.165, 1.54) is 0 Å². The molecule has 17 heavy (non-hydrogen) atoms. The van der Waals surface area contributed by atoms with Crippen molar-refractivity contribution in [2.75, 3.05) is 13.2 Å². The van der Waals surface area contributed by atoms with Crippen molar-refractivity contribution in [1.29, 1.82) is 0 Å². The Morgan fingerprint density at radius 3 is 1.35 bits per heavy atom. The molecule has 0 heterocycles. The predicted octanol–water partition coefficient (Wildman–Crippen LogP) is -1.21. The van der Waals surface area contributed by atoms with Crippen molar-refractivity contribution in [2.24, 2.45) is 0 Å². The smallest absolute Gasteiger partial charge is 0.333 e. The number of hydrogen-bond donors (Lipinski definition) is 0. The van der Waals surface area contributed by atoms with Crippen molar-refractivity contribution in [2.45, 2.75) is 13.8 Å². The quantitative estimate of drug-likeness (QED) is 0.273. The van der Waals surface area contributed by atoms with Gasteiger partial charge in [-0.15, -0.1) is 0 Å². The van der Waals surface area contributed by atoms with Gasteiger partial charge in [0.05, 0.1) is 0 Å². The van der Waals surface area contributed by atoms with Crippen LogP contribution in [-0.2, 0) is 23.2 Å². The Morgan fingerprint density at radius 1 is 0.941 bits per heavy atom. The Morgan fingerprint density at radius 2 is 1.18 bits per heavy atom. The predicted molar refractivity (Wildman–Crippen MR) is 72.5 cm³/mol.